The molecule has 0 aliphatic carbocycles. The van der Waals surface area contributed by atoms with Crippen molar-refractivity contribution in [2.45, 2.75) is 19.4 Å². The Morgan fingerprint density at radius 2 is 2.19 bits per heavy atom. The molecule has 0 fully saturated rings. The Balaban J connectivity index is 3.31. The predicted octanol–water partition coefficient (Wildman–Crippen LogP) is -1.10. The summed E-state index contributed by atoms with van der Waals surface area (Å²) in [6.45, 7) is 4.35. The van der Waals surface area contributed by atoms with Gasteiger partial charge in [-0.1, -0.05) is 0 Å². The van der Waals surface area contributed by atoms with Crippen molar-refractivity contribution in [2.75, 3.05) is 39.5 Å². The molecule has 0 radical (unpaired) electrons. The first-order chi connectivity index (χ1) is 7.52. The van der Waals surface area contributed by atoms with Crippen LogP contribution in [-0.2, 0) is 14.3 Å². The van der Waals surface area contributed by atoms with Gasteiger partial charge in [0.25, 0.3) is 0 Å². The lowest BCUT2D eigenvalue weighted by molar-refractivity contribution is -0.148. The molecule has 1 atom stereocenters. The number of esters is 1. The van der Waals surface area contributed by atoms with Crippen LogP contribution in [0.5, 0.6) is 0 Å². The number of hydrogen-bond acceptors (Lipinski definition) is 6. The van der Waals surface area contributed by atoms with Crippen molar-refractivity contribution in [2.24, 2.45) is 0 Å². The molecule has 0 aliphatic rings. The maximum atomic E-state index is 10.8. The summed E-state index contributed by atoms with van der Waals surface area (Å²) in [5.41, 5.74) is -1.12. The Hall–Kier alpha value is -0.690. The first-order valence-corrected chi connectivity index (χ1v) is 5.29. The van der Waals surface area contributed by atoms with Crippen molar-refractivity contribution in [3.05, 3.63) is 0 Å². The highest BCUT2D eigenvalue weighted by Crippen LogP contribution is 1.97. The standard InChI is InChI=1S/C10H21NO5/c1-3-16-9(13)6-15-5-4-11-7-10(2,14)8-12/h11-12,14H,3-8H2,1-2H3. The van der Waals surface area contributed by atoms with Gasteiger partial charge in [-0.05, 0) is 13.8 Å². The lowest BCUT2D eigenvalue weighted by Gasteiger charge is -2.20. The zero-order valence-electron chi connectivity index (χ0n) is 9.86. The van der Waals surface area contributed by atoms with E-state index in [2.05, 4.69) is 10.1 Å². The number of rotatable bonds is 9. The van der Waals surface area contributed by atoms with E-state index in [-0.39, 0.29) is 25.7 Å². The second-order valence-corrected chi connectivity index (χ2v) is 3.69. The second kappa shape index (κ2) is 8.46. The summed E-state index contributed by atoms with van der Waals surface area (Å²) in [6.07, 6.45) is 0. The number of aliphatic hydroxyl groups is 2. The fraction of sp³-hybridized carbons (Fsp3) is 0.900. The van der Waals surface area contributed by atoms with Gasteiger partial charge < -0.3 is 25.0 Å². The molecule has 0 rings (SSSR count). The summed E-state index contributed by atoms with van der Waals surface area (Å²) >= 11 is 0. The molecular weight excluding hydrogens is 214 g/mol. The Morgan fingerprint density at radius 3 is 2.75 bits per heavy atom. The van der Waals surface area contributed by atoms with Gasteiger partial charge in [-0.25, -0.2) is 4.79 Å². The van der Waals surface area contributed by atoms with Crippen LogP contribution in [0.4, 0.5) is 0 Å². The highest BCUT2D eigenvalue weighted by Gasteiger charge is 2.17. The molecule has 0 aromatic carbocycles. The quantitative estimate of drug-likeness (QED) is 0.347. The van der Waals surface area contributed by atoms with E-state index < -0.39 is 5.60 Å². The molecule has 6 heteroatoms. The first-order valence-electron chi connectivity index (χ1n) is 5.29. The second-order valence-electron chi connectivity index (χ2n) is 3.69. The van der Waals surface area contributed by atoms with Crippen molar-refractivity contribution in [3.8, 4) is 0 Å². The molecule has 16 heavy (non-hydrogen) atoms. The minimum atomic E-state index is -1.12. The summed E-state index contributed by atoms with van der Waals surface area (Å²) in [5.74, 6) is -0.384. The number of nitrogens with one attached hydrogen (secondary N) is 1. The highest BCUT2D eigenvalue weighted by atomic mass is 16.6. The van der Waals surface area contributed by atoms with Gasteiger partial charge in [0.1, 0.15) is 6.61 Å². The molecule has 0 aromatic heterocycles. The van der Waals surface area contributed by atoms with Gasteiger partial charge in [-0.2, -0.15) is 0 Å². The summed E-state index contributed by atoms with van der Waals surface area (Å²) in [4.78, 5) is 10.8. The zero-order chi connectivity index (χ0) is 12.4. The minimum absolute atomic E-state index is 0.0636. The lowest BCUT2D eigenvalue weighted by Crippen LogP contribution is -2.42. The van der Waals surface area contributed by atoms with Crippen LogP contribution < -0.4 is 5.32 Å². The molecule has 0 heterocycles. The summed E-state index contributed by atoms with van der Waals surface area (Å²) < 4.78 is 9.68. The van der Waals surface area contributed by atoms with Crippen LogP contribution in [0.1, 0.15) is 13.8 Å². The zero-order valence-corrected chi connectivity index (χ0v) is 9.86. The topological polar surface area (TPSA) is 88.0 Å². The van der Waals surface area contributed by atoms with Gasteiger partial charge in [0.05, 0.1) is 25.4 Å². The molecule has 0 aliphatic heterocycles. The van der Waals surface area contributed by atoms with Crippen LogP contribution in [0.15, 0.2) is 0 Å². The fourth-order valence-corrected chi connectivity index (χ4v) is 0.916. The molecule has 1 unspecified atom stereocenters. The molecule has 6 nitrogen and oxygen atoms in total. The third kappa shape index (κ3) is 8.60. The Labute approximate surface area is 95.6 Å². The van der Waals surface area contributed by atoms with Gasteiger partial charge in [0.2, 0.25) is 0 Å². The average molecular weight is 235 g/mol. The van der Waals surface area contributed by atoms with E-state index in [0.717, 1.165) is 0 Å². The molecule has 96 valence electrons. The van der Waals surface area contributed by atoms with Crippen LogP contribution in [0.3, 0.4) is 0 Å². The largest absolute Gasteiger partial charge is 0.464 e. The molecule has 0 saturated carbocycles. The van der Waals surface area contributed by atoms with Gasteiger partial charge >= 0.3 is 5.97 Å². The molecule has 0 amide bonds. The van der Waals surface area contributed by atoms with E-state index in [4.69, 9.17) is 9.84 Å². The number of hydrogen-bond donors (Lipinski definition) is 3. The molecule has 0 spiro atoms. The number of ether oxygens (including phenoxy) is 2. The number of carbonyl (C=O) groups is 1. The first kappa shape index (κ1) is 15.3. The third-order valence-electron chi connectivity index (χ3n) is 1.79. The Morgan fingerprint density at radius 1 is 1.50 bits per heavy atom. The van der Waals surface area contributed by atoms with E-state index in [1.165, 1.54) is 6.92 Å². The third-order valence-corrected chi connectivity index (χ3v) is 1.79. The Bertz CT molecular complexity index is 196. The van der Waals surface area contributed by atoms with Crippen molar-refractivity contribution >= 4 is 5.97 Å². The van der Waals surface area contributed by atoms with Crippen LogP contribution in [0.25, 0.3) is 0 Å². The highest BCUT2D eigenvalue weighted by molar-refractivity contribution is 5.70. The summed E-state index contributed by atoms with van der Waals surface area (Å²) in [7, 11) is 0. The van der Waals surface area contributed by atoms with Gasteiger partial charge in [-0.3, -0.25) is 0 Å². The van der Waals surface area contributed by atoms with Crippen LogP contribution >= 0.6 is 0 Å². The molecule has 0 bridgehead atoms. The van der Waals surface area contributed by atoms with E-state index in [1.807, 2.05) is 0 Å². The molecule has 3 N–H and O–H groups in total. The number of carbonyl (C=O) groups excluding carboxylic acids is 1. The summed E-state index contributed by atoms with van der Waals surface area (Å²) in [5, 5.41) is 21.1. The van der Waals surface area contributed by atoms with Crippen molar-refractivity contribution in [1.29, 1.82) is 0 Å². The maximum absolute atomic E-state index is 10.8. The maximum Gasteiger partial charge on any atom is 0.332 e. The van der Waals surface area contributed by atoms with Gasteiger partial charge in [0, 0.05) is 13.1 Å². The van der Waals surface area contributed by atoms with E-state index >= 15 is 0 Å². The Kier molecular flexibility index (Phi) is 8.10. The predicted molar refractivity (Wildman–Crippen MR) is 58.0 cm³/mol. The van der Waals surface area contributed by atoms with Crippen LogP contribution in [0.2, 0.25) is 0 Å². The molecular formula is C10H21NO5. The van der Waals surface area contributed by atoms with E-state index in [1.54, 1.807) is 6.92 Å². The smallest absolute Gasteiger partial charge is 0.332 e. The van der Waals surface area contributed by atoms with Crippen molar-refractivity contribution in [1.82, 2.24) is 5.32 Å². The SMILES string of the molecule is CCOC(=O)COCCNCC(C)(O)CO. The van der Waals surface area contributed by atoms with Gasteiger partial charge in [-0.15, -0.1) is 0 Å². The average Bonchev–Trinajstić information content (AvgIpc) is 2.23. The fourth-order valence-electron chi connectivity index (χ4n) is 0.916. The lowest BCUT2D eigenvalue weighted by atomic mass is 10.1. The monoisotopic (exact) mass is 235 g/mol. The van der Waals surface area contributed by atoms with Crippen molar-refractivity contribution in [3.63, 3.8) is 0 Å². The van der Waals surface area contributed by atoms with Crippen molar-refractivity contribution < 1.29 is 24.5 Å². The van der Waals surface area contributed by atoms with Gasteiger partial charge in [0.15, 0.2) is 0 Å². The van der Waals surface area contributed by atoms with E-state index in [0.29, 0.717) is 19.8 Å². The molecule has 0 saturated heterocycles. The van der Waals surface area contributed by atoms with E-state index in [9.17, 15) is 9.90 Å². The normalized spacial score (nSPS) is 14.5. The number of aliphatic hydroxyl groups excluding tert-OH is 1. The molecule has 0 aromatic rings. The van der Waals surface area contributed by atoms with Crippen LogP contribution in [-0.4, -0.2) is 61.3 Å². The van der Waals surface area contributed by atoms with Crippen LogP contribution in [0, 0.1) is 0 Å². The minimum Gasteiger partial charge on any atom is -0.464 e. The summed E-state index contributed by atoms with van der Waals surface area (Å²) in [6, 6.07) is 0.